The SMILES string of the molecule is CCCC(CCN)CCC(=O)Cc1cc(Cl)ccc1OC. The summed E-state index contributed by atoms with van der Waals surface area (Å²) in [5.74, 6) is 1.51. The second-order valence-corrected chi connectivity index (χ2v) is 5.88. The van der Waals surface area contributed by atoms with E-state index < -0.39 is 0 Å². The average molecular weight is 312 g/mol. The first-order valence-electron chi connectivity index (χ1n) is 7.64. The van der Waals surface area contributed by atoms with Crippen LogP contribution < -0.4 is 10.5 Å². The zero-order valence-electron chi connectivity index (χ0n) is 13.0. The fourth-order valence-corrected chi connectivity index (χ4v) is 2.82. The molecule has 0 aliphatic heterocycles. The highest BCUT2D eigenvalue weighted by molar-refractivity contribution is 6.30. The maximum absolute atomic E-state index is 12.2. The van der Waals surface area contributed by atoms with Gasteiger partial charge in [-0.3, -0.25) is 4.79 Å². The van der Waals surface area contributed by atoms with Crippen LogP contribution in [0.4, 0.5) is 0 Å². The lowest BCUT2D eigenvalue weighted by atomic mass is 9.92. The van der Waals surface area contributed by atoms with Crippen molar-refractivity contribution in [1.82, 2.24) is 0 Å². The Labute approximate surface area is 132 Å². The van der Waals surface area contributed by atoms with Crippen molar-refractivity contribution in [3.05, 3.63) is 28.8 Å². The minimum Gasteiger partial charge on any atom is -0.496 e. The zero-order chi connectivity index (χ0) is 15.7. The van der Waals surface area contributed by atoms with E-state index in [-0.39, 0.29) is 5.78 Å². The van der Waals surface area contributed by atoms with Crippen LogP contribution in [0.5, 0.6) is 5.75 Å². The first kappa shape index (κ1) is 18.0. The van der Waals surface area contributed by atoms with Crippen LogP contribution in [0.2, 0.25) is 5.02 Å². The maximum atomic E-state index is 12.2. The Morgan fingerprint density at radius 2 is 2.10 bits per heavy atom. The average Bonchev–Trinajstić information content (AvgIpc) is 2.45. The van der Waals surface area contributed by atoms with Crippen molar-refractivity contribution in [2.75, 3.05) is 13.7 Å². The lowest BCUT2D eigenvalue weighted by Gasteiger charge is -2.14. The number of carbonyl (C=O) groups is 1. The molecule has 1 aromatic rings. The van der Waals surface area contributed by atoms with Gasteiger partial charge in [-0.1, -0.05) is 31.4 Å². The number of nitrogens with two attached hydrogens (primary N) is 1. The summed E-state index contributed by atoms with van der Waals surface area (Å²) in [6.45, 7) is 2.86. The Morgan fingerprint density at radius 3 is 2.71 bits per heavy atom. The fraction of sp³-hybridized carbons (Fsp3) is 0.588. The number of benzene rings is 1. The van der Waals surface area contributed by atoms with Crippen molar-refractivity contribution in [2.24, 2.45) is 11.7 Å². The van der Waals surface area contributed by atoms with E-state index in [1.54, 1.807) is 19.2 Å². The summed E-state index contributed by atoms with van der Waals surface area (Å²) >= 11 is 5.99. The summed E-state index contributed by atoms with van der Waals surface area (Å²) in [6, 6.07) is 5.38. The van der Waals surface area contributed by atoms with Crippen LogP contribution in [0.25, 0.3) is 0 Å². The summed E-state index contributed by atoms with van der Waals surface area (Å²) < 4.78 is 5.28. The van der Waals surface area contributed by atoms with Crippen molar-refractivity contribution in [1.29, 1.82) is 0 Å². The van der Waals surface area contributed by atoms with Gasteiger partial charge in [-0.25, -0.2) is 0 Å². The minimum atomic E-state index is 0.230. The molecule has 0 saturated carbocycles. The molecule has 1 unspecified atom stereocenters. The monoisotopic (exact) mass is 311 g/mol. The Balaban J connectivity index is 2.55. The third-order valence-electron chi connectivity index (χ3n) is 3.73. The van der Waals surface area contributed by atoms with Gasteiger partial charge in [0.2, 0.25) is 0 Å². The summed E-state index contributed by atoms with van der Waals surface area (Å²) in [4.78, 5) is 12.2. The lowest BCUT2D eigenvalue weighted by Crippen LogP contribution is -2.12. The standard InChI is InChI=1S/C17H26ClNO2/c1-3-4-13(9-10-19)5-7-16(20)12-14-11-15(18)6-8-17(14)21-2/h6,8,11,13H,3-5,7,9-10,12,19H2,1-2H3. The van der Waals surface area contributed by atoms with E-state index in [1.165, 1.54) is 0 Å². The summed E-state index contributed by atoms with van der Waals surface area (Å²) in [5.41, 5.74) is 6.49. The van der Waals surface area contributed by atoms with Gasteiger partial charge in [0.25, 0.3) is 0 Å². The van der Waals surface area contributed by atoms with Gasteiger partial charge in [-0.05, 0) is 43.5 Å². The van der Waals surface area contributed by atoms with Crippen LogP contribution in [0.3, 0.4) is 0 Å². The second kappa shape index (κ2) is 9.80. The Morgan fingerprint density at radius 1 is 1.33 bits per heavy atom. The molecule has 0 heterocycles. The number of rotatable bonds is 10. The number of carbonyl (C=O) groups excluding carboxylic acids is 1. The molecular weight excluding hydrogens is 286 g/mol. The smallest absolute Gasteiger partial charge is 0.137 e. The van der Waals surface area contributed by atoms with E-state index in [1.807, 2.05) is 6.07 Å². The van der Waals surface area contributed by atoms with Crippen molar-refractivity contribution in [3.63, 3.8) is 0 Å². The minimum absolute atomic E-state index is 0.230. The topological polar surface area (TPSA) is 52.3 Å². The number of methoxy groups -OCH3 is 1. The molecule has 1 rings (SSSR count). The molecule has 1 atom stereocenters. The normalized spacial score (nSPS) is 12.2. The fourth-order valence-electron chi connectivity index (χ4n) is 2.63. The predicted octanol–water partition coefficient (Wildman–Crippen LogP) is 4.01. The van der Waals surface area contributed by atoms with Crippen molar-refractivity contribution in [2.45, 2.75) is 45.4 Å². The van der Waals surface area contributed by atoms with Crippen LogP contribution in [-0.2, 0) is 11.2 Å². The molecular formula is C17H26ClNO2. The molecule has 0 saturated heterocycles. The highest BCUT2D eigenvalue weighted by Gasteiger charge is 2.13. The molecule has 1 aromatic carbocycles. The summed E-state index contributed by atoms with van der Waals surface area (Å²) in [7, 11) is 1.61. The van der Waals surface area contributed by atoms with Crippen LogP contribution in [0, 0.1) is 5.92 Å². The van der Waals surface area contributed by atoms with Gasteiger partial charge < -0.3 is 10.5 Å². The van der Waals surface area contributed by atoms with Gasteiger partial charge in [0.1, 0.15) is 11.5 Å². The first-order chi connectivity index (χ1) is 10.1. The van der Waals surface area contributed by atoms with E-state index >= 15 is 0 Å². The number of halogens is 1. The van der Waals surface area contributed by atoms with Gasteiger partial charge in [-0.15, -0.1) is 0 Å². The van der Waals surface area contributed by atoms with Crippen LogP contribution in [-0.4, -0.2) is 19.4 Å². The van der Waals surface area contributed by atoms with Gasteiger partial charge in [0, 0.05) is 23.4 Å². The highest BCUT2D eigenvalue weighted by atomic mass is 35.5. The predicted molar refractivity (Wildman–Crippen MR) is 88.0 cm³/mol. The zero-order valence-corrected chi connectivity index (χ0v) is 13.8. The Hall–Kier alpha value is -1.06. The molecule has 21 heavy (non-hydrogen) atoms. The van der Waals surface area contributed by atoms with E-state index in [0.717, 1.165) is 37.0 Å². The molecule has 0 aliphatic carbocycles. The lowest BCUT2D eigenvalue weighted by molar-refractivity contribution is -0.118. The Kier molecular flexibility index (Phi) is 8.40. The summed E-state index contributed by atoms with van der Waals surface area (Å²) in [6.07, 6.45) is 5.19. The van der Waals surface area contributed by atoms with Gasteiger partial charge in [-0.2, -0.15) is 0 Å². The molecule has 0 aromatic heterocycles. The molecule has 0 spiro atoms. The van der Waals surface area contributed by atoms with Gasteiger partial charge >= 0.3 is 0 Å². The van der Waals surface area contributed by atoms with Crippen molar-refractivity contribution >= 4 is 17.4 Å². The Bertz CT molecular complexity index is 442. The second-order valence-electron chi connectivity index (χ2n) is 5.44. The van der Waals surface area contributed by atoms with E-state index in [4.69, 9.17) is 22.1 Å². The molecule has 0 fully saturated rings. The largest absolute Gasteiger partial charge is 0.496 e. The quantitative estimate of drug-likeness (QED) is 0.710. The number of hydrogen-bond donors (Lipinski definition) is 1. The molecule has 0 aliphatic rings. The third-order valence-corrected chi connectivity index (χ3v) is 3.97. The molecule has 4 heteroatoms. The van der Waals surface area contributed by atoms with Crippen LogP contribution in [0.1, 0.15) is 44.6 Å². The molecule has 3 nitrogen and oxygen atoms in total. The summed E-state index contributed by atoms with van der Waals surface area (Å²) in [5, 5.41) is 0.630. The molecule has 0 radical (unpaired) electrons. The molecule has 118 valence electrons. The highest BCUT2D eigenvalue weighted by Crippen LogP contribution is 2.24. The van der Waals surface area contributed by atoms with Crippen molar-refractivity contribution < 1.29 is 9.53 Å². The number of ether oxygens (including phenoxy) is 1. The first-order valence-corrected chi connectivity index (χ1v) is 8.02. The number of ketones is 1. The van der Waals surface area contributed by atoms with Crippen LogP contribution in [0.15, 0.2) is 18.2 Å². The third kappa shape index (κ3) is 6.49. The molecule has 0 bridgehead atoms. The molecule has 0 amide bonds. The number of Topliss-reactive ketones (excluding diaryl/α,β-unsaturated/α-hetero) is 1. The van der Waals surface area contributed by atoms with Gasteiger partial charge in [0.05, 0.1) is 7.11 Å². The van der Waals surface area contributed by atoms with E-state index in [9.17, 15) is 4.79 Å². The number of hydrogen-bond acceptors (Lipinski definition) is 3. The van der Waals surface area contributed by atoms with Crippen molar-refractivity contribution in [3.8, 4) is 5.75 Å². The maximum Gasteiger partial charge on any atom is 0.137 e. The van der Waals surface area contributed by atoms with Gasteiger partial charge in [0.15, 0.2) is 0 Å². The van der Waals surface area contributed by atoms with E-state index in [2.05, 4.69) is 6.92 Å². The van der Waals surface area contributed by atoms with E-state index in [0.29, 0.717) is 30.3 Å². The molecule has 2 N–H and O–H groups in total. The van der Waals surface area contributed by atoms with Crippen LogP contribution >= 0.6 is 11.6 Å².